The predicted molar refractivity (Wildman–Crippen MR) is 80.4 cm³/mol. The molecule has 0 aromatic carbocycles. The Kier molecular flexibility index (Phi) is 5.27. The maximum Gasteiger partial charge on any atom is 0.0700 e. The molecule has 2 aliphatic rings. The lowest BCUT2D eigenvalue weighted by Gasteiger charge is -2.46. The molecule has 112 valence electrons. The first-order valence-corrected chi connectivity index (χ1v) is 8.08. The molecule has 0 spiro atoms. The number of hydrogen-bond donors (Lipinski definition) is 1. The molecular weight excluding hydrogens is 236 g/mol. The first-order chi connectivity index (χ1) is 9.06. The van der Waals surface area contributed by atoms with Crippen LogP contribution in [0, 0.1) is 11.3 Å². The maximum atomic E-state index is 5.78. The zero-order valence-corrected chi connectivity index (χ0v) is 13.2. The summed E-state index contributed by atoms with van der Waals surface area (Å²) in [5, 5.41) is 3.60. The number of nitrogens with zero attached hydrogens (tertiary/aromatic N) is 1. The summed E-state index contributed by atoms with van der Waals surface area (Å²) in [7, 11) is 2.14. The Morgan fingerprint density at radius 3 is 2.84 bits per heavy atom. The molecule has 19 heavy (non-hydrogen) atoms. The molecule has 0 aromatic rings. The summed E-state index contributed by atoms with van der Waals surface area (Å²) in [6, 6.07) is 0.657. The highest BCUT2D eigenvalue weighted by Gasteiger charge is 2.38. The van der Waals surface area contributed by atoms with E-state index in [2.05, 4.69) is 38.0 Å². The van der Waals surface area contributed by atoms with Crippen molar-refractivity contribution in [3.05, 3.63) is 0 Å². The van der Waals surface area contributed by atoms with E-state index in [4.69, 9.17) is 4.74 Å². The Bertz CT molecular complexity index is 280. The lowest BCUT2D eigenvalue weighted by Crippen LogP contribution is -2.53. The lowest BCUT2D eigenvalue weighted by molar-refractivity contribution is -0.0412. The standard InChI is InChI=1S/C16H32N2O/c1-5-14-12-18(9-10-19-14)11-13-7-6-8-16(2,3)15(13)17-4/h13-15,17H,5-12H2,1-4H3. The minimum Gasteiger partial charge on any atom is -0.376 e. The largest absolute Gasteiger partial charge is 0.376 e. The van der Waals surface area contributed by atoms with Crippen LogP contribution in [0.3, 0.4) is 0 Å². The molecule has 3 unspecified atom stereocenters. The SMILES string of the molecule is CCC1CN(CC2CCCC(C)(C)C2NC)CCO1. The number of morpholine rings is 1. The van der Waals surface area contributed by atoms with Crippen LogP contribution in [0.5, 0.6) is 0 Å². The van der Waals surface area contributed by atoms with Crippen LogP contribution in [0.1, 0.15) is 46.5 Å². The number of hydrogen-bond acceptors (Lipinski definition) is 3. The van der Waals surface area contributed by atoms with E-state index >= 15 is 0 Å². The molecule has 2 rings (SSSR count). The van der Waals surface area contributed by atoms with Crippen LogP contribution in [0.15, 0.2) is 0 Å². The van der Waals surface area contributed by atoms with Crippen LogP contribution in [-0.4, -0.2) is 50.3 Å². The zero-order chi connectivity index (χ0) is 13.9. The summed E-state index contributed by atoms with van der Waals surface area (Å²) in [6.07, 6.45) is 5.72. The number of nitrogens with one attached hydrogen (secondary N) is 1. The summed E-state index contributed by atoms with van der Waals surface area (Å²) in [4.78, 5) is 2.63. The van der Waals surface area contributed by atoms with Gasteiger partial charge in [-0.1, -0.05) is 27.2 Å². The Hall–Kier alpha value is -0.120. The summed E-state index contributed by atoms with van der Waals surface area (Å²) in [5.74, 6) is 0.796. The van der Waals surface area contributed by atoms with E-state index in [0.717, 1.165) is 32.0 Å². The Morgan fingerprint density at radius 2 is 2.16 bits per heavy atom. The molecule has 0 radical (unpaired) electrons. The zero-order valence-electron chi connectivity index (χ0n) is 13.2. The van der Waals surface area contributed by atoms with Gasteiger partial charge >= 0.3 is 0 Å². The van der Waals surface area contributed by atoms with E-state index in [1.165, 1.54) is 25.8 Å². The molecule has 1 saturated heterocycles. The second kappa shape index (κ2) is 6.55. The molecule has 3 heteroatoms. The third kappa shape index (κ3) is 3.71. The molecule has 1 aliphatic carbocycles. The van der Waals surface area contributed by atoms with Crippen molar-refractivity contribution in [1.82, 2.24) is 10.2 Å². The molecule has 1 saturated carbocycles. The molecule has 1 heterocycles. The van der Waals surface area contributed by atoms with Gasteiger partial charge in [0.2, 0.25) is 0 Å². The molecule has 3 nitrogen and oxygen atoms in total. The monoisotopic (exact) mass is 268 g/mol. The van der Waals surface area contributed by atoms with E-state index in [0.29, 0.717) is 17.6 Å². The van der Waals surface area contributed by atoms with Gasteiger partial charge in [-0.15, -0.1) is 0 Å². The van der Waals surface area contributed by atoms with Crippen LogP contribution in [0.2, 0.25) is 0 Å². The number of rotatable bonds is 4. The van der Waals surface area contributed by atoms with Gasteiger partial charge in [0.1, 0.15) is 0 Å². The van der Waals surface area contributed by atoms with Crippen molar-refractivity contribution >= 4 is 0 Å². The van der Waals surface area contributed by atoms with Gasteiger partial charge < -0.3 is 10.1 Å². The predicted octanol–water partition coefficient (Wildman–Crippen LogP) is 2.51. The van der Waals surface area contributed by atoms with E-state index in [9.17, 15) is 0 Å². The molecule has 0 bridgehead atoms. The Morgan fingerprint density at radius 1 is 1.37 bits per heavy atom. The van der Waals surface area contributed by atoms with Gasteiger partial charge in [-0.25, -0.2) is 0 Å². The van der Waals surface area contributed by atoms with E-state index < -0.39 is 0 Å². The van der Waals surface area contributed by atoms with Gasteiger partial charge in [-0.05, 0) is 37.6 Å². The fourth-order valence-electron chi connectivity index (χ4n) is 4.13. The topological polar surface area (TPSA) is 24.5 Å². The van der Waals surface area contributed by atoms with Crippen LogP contribution in [0.4, 0.5) is 0 Å². The molecular formula is C16H32N2O. The van der Waals surface area contributed by atoms with Gasteiger partial charge in [0, 0.05) is 25.7 Å². The molecule has 3 atom stereocenters. The second-order valence-electron chi connectivity index (χ2n) is 7.07. The first kappa shape index (κ1) is 15.3. The smallest absolute Gasteiger partial charge is 0.0700 e. The molecule has 0 amide bonds. The average molecular weight is 268 g/mol. The average Bonchev–Trinajstić information content (AvgIpc) is 2.38. The van der Waals surface area contributed by atoms with Gasteiger partial charge in [-0.2, -0.15) is 0 Å². The summed E-state index contributed by atoms with van der Waals surface area (Å²) < 4.78 is 5.78. The van der Waals surface area contributed by atoms with Gasteiger partial charge in [0.05, 0.1) is 12.7 Å². The Balaban J connectivity index is 1.93. The second-order valence-corrected chi connectivity index (χ2v) is 7.07. The van der Waals surface area contributed by atoms with Crippen LogP contribution in [-0.2, 0) is 4.74 Å². The fourth-order valence-corrected chi connectivity index (χ4v) is 4.13. The molecule has 1 N–H and O–H groups in total. The maximum absolute atomic E-state index is 5.78. The van der Waals surface area contributed by atoms with Crippen molar-refractivity contribution in [1.29, 1.82) is 0 Å². The van der Waals surface area contributed by atoms with Crippen LogP contribution < -0.4 is 5.32 Å². The summed E-state index contributed by atoms with van der Waals surface area (Å²) in [6.45, 7) is 11.5. The highest BCUT2D eigenvalue weighted by atomic mass is 16.5. The molecule has 2 fully saturated rings. The quantitative estimate of drug-likeness (QED) is 0.848. The van der Waals surface area contributed by atoms with Crippen molar-refractivity contribution in [3.63, 3.8) is 0 Å². The van der Waals surface area contributed by atoms with Crippen LogP contribution >= 0.6 is 0 Å². The van der Waals surface area contributed by atoms with Crippen molar-refractivity contribution in [2.24, 2.45) is 11.3 Å². The third-order valence-corrected chi connectivity index (χ3v) is 5.19. The van der Waals surface area contributed by atoms with Crippen molar-refractivity contribution in [3.8, 4) is 0 Å². The van der Waals surface area contributed by atoms with E-state index in [1.807, 2.05) is 0 Å². The van der Waals surface area contributed by atoms with Gasteiger partial charge in [0.15, 0.2) is 0 Å². The molecule has 0 aromatic heterocycles. The molecule has 1 aliphatic heterocycles. The normalized spacial score (nSPS) is 36.3. The van der Waals surface area contributed by atoms with E-state index in [-0.39, 0.29) is 0 Å². The highest BCUT2D eigenvalue weighted by Crippen LogP contribution is 2.39. The first-order valence-electron chi connectivity index (χ1n) is 8.08. The van der Waals surface area contributed by atoms with Gasteiger partial charge in [0.25, 0.3) is 0 Å². The summed E-state index contributed by atoms with van der Waals surface area (Å²) in [5.41, 5.74) is 0.439. The van der Waals surface area contributed by atoms with E-state index in [1.54, 1.807) is 0 Å². The van der Waals surface area contributed by atoms with Crippen molar-refractivity contribution in [2.45, 2.75) is 58.6 Å². The Labute approximate surface area is 119 Å². The highest BCUT2D eigenvalue weighted by molar-refractivity contribution is 4.94. The fraction of sp³-hybridized carbons (Fsp3) is 1.00. The van der Waals surface area contributed by atoms with Gasteiger partial charge in [-0.3, -0.25) is 4.90 Å². The number of ether oxygens (including phenoxy) is 1. The van der Waals surface area contributed by atoms with Crippen LogP contribution in [0.25, 0.3) is 0 Å². The minimum atomic E-state index is 0.439. The summed E-state index contributed by atoms with van der Waals surface area (Å²) >= 11 is 0. The van der Waals surface area contributed by atoms with Crippen molar-refractivity contribution < 1.29 is 4.74 Å². The third-order valence-electron chi connectivity index (χ3n) is 5.19. The minimum absolute atomic E-state index is 0.439. The lowest BCUT2D eigenvalue weighted by atomic mass is 9.68. The van der Waals surface area contributed by atoms with Crippen molar-refractivity contribution in [2.75, 3.05) is 33.3 Å².